The van der Waals surface area contributed by atoms with Gasteiger partial charge in [-0.15, -0.1) is 0 Å². The molecule has 0 saturated carbocycles. The minimum absolute atomic E-state index is 0.0247. The number of carboxylic acid groups (broad SMARTS) is 1. The molecule has 3 N–H and O–H groups in total. The molecule has 0 aliphatic carbocycles. The molecule has 0 aliphatic rings. The number of ether oxygens (including phenoxy) is 1. The molecule has 0 heterocycles. The first-order valence-electron chi connectivity index (χ1n) is 5.89. The van der Waals surface area contributed by atoms with Gasteiger partial charge in [-0.1, -0.05) is 6.07 Å². The van der Waals surface area contributed by atoms with Crippen LogP contribution >= 0.6 is 0 Å². The van der Waals surface area contributed by atoms with Crippen LogP contribution in [-0.2, 0) is 9.53 Å². The van der Waals surface area contributed by atoms with E-state index in [9.17, 15) is 14.4 Å². The van der Waals surface area contributed by atoms with E-state index in [0.29, 0.717) is 11.3 Å². The largest absolute Gasteiger partial charge is 0.481 e. The van der Waals surface area contributed by atoms with Gasteiger partial charge in [0.05, 0.1) is 19.1 Å². The summed E-state index contributed by atoms with van der Waals surface area (Å²) in [5, 5.41) is 13.4. The zero-order valence-corrected chi connectivity index (χ0v) is 11.2. The van der Waals surface area contributed by atoms with Crippen LogP contribution in [0.25, 0.3) is 0 Å². The molecular weight excluding hydrogens is 264 g/mol. The van der Waals surface area contributed by atoms with Crippen molar-refractivity contribution < 1.29 is 24.2 Å². The van der Waals surface area contributed by atoms with Crippen LogP contribution in [0.1, 0.15) is 22.3 Å². The van der Waals surface area contributed by atoms with Crippen LogP contribution in [0.4, 0.5) is 10.5 Å². The molecule has 108 valence electrons. The smallest absolute Gasteiger partial charge is 0.338 e. The van der Waals surface area contributed by atoms with E-state index in [4.69, 9.17) is 5.11 Å². The van der Waals surface area contributed by atoms with Crippen LogP contribution in [0.15, 0.2) is 18.2 Å². The highest BCUT2D eigenvalue weighted by atomic mass is 16.5. The molecule has 1 rings (SSSR count). The van der Waals surface area contributed by atoms with Gasteiger partial charge < -0.3 is 20.5 Å². The monoisotopic (exact) mass is 280 g/mol. The fourth-order valence-corrected chi connectivity index (χ4v) is 1.49. The summed E-state index contributed by atoms with van der Waals surface area (Å²) in [5.41, 5.74) is 1.51. The molecule has 2 amide bonds. The predicted molar refractivity (Wildman–Crippen MR) is 71.8 cm³/mol. The van der Waals surface area contributed by atoms with Crippen LogP contribution in [0.5, 0.6) is 0 Å². The normalized spacial score (nSPS) is 9.70. The van der Waals surface area contributed by atoms with Crippen molar-refractivity contribution >= 4 is 23.7 Å². The van der Waals surface area contributed by atoms with E-state index in [2.05, 4.69) is 15.4 Å². The van der Waals surface area contributed by atoms with Gasteiger partial charge in [-0.2, -0.15) is 0 Å². The predicted octanol–water partition coefficient (Wildman–Crippen LogP) is 1.38. The average molecular weight is 280 g/mol. The minimum atomic E-state index is -0.992. The van der Waals surface area contributed by atoms with Crippen LogP contribution in [0.3, 0.4) is 0 Å². The number of hydrogen-bond acceptors (Lipinski definition) is 4. The lowest BCUT2D eigenvalue weighted by Gasteiger charge is -2.09. The summed E-state index contributed by atoms with van der Waals surface area (Å²) in [4.78, 5) is 33.3. The molecule has 1 aromatic carbocycles. The number of carboxylic acids is 1. The van der Waals surface area contributed by atoms with Gasteiger partial charge in [0.15, 0.2) is 0 Å². The van der Waals surface area contributed by atoms with Crippen molar-refractivity contribution in [1.29, 1.82) is 0 Å². The Labute approximate surface area is 115 Å². The summed E-state index contributed by atoms with van der Waals surface area (Å²) in [6.45, 7) is 1.78. The van der Waals surface area contributed by atoms with E-state index in [1.807, 2.05) is 0 Å². The Bertz CT molecular complexity index is 527. The van der Waals surface area contributed by atoms with Gasteiger partial charge in [0.25, 0.3) is 0 Å². The third-order valence-electron chi connectivity index (χ3n) is 2.53. The number of urea groups is 1. The van der Waals surface area contributed by atoms with Crippen molar-refractivity contribution in [3.63, 3.8) is 0 Å². The number of carbonyl (C=O) groups is 3. The molecule has 0 aromatic heterocycles. The van der Waals surface area contributed by atoms with Gasteiger partial charge in [-0.05, 0) is 24.6 Å². The lowest BCUT2D eigenvalue weighted by atomic mass is 10.1. The number of methoxy groups -OCH3 is 1. The van der Waals surface area contributed by atoms with Crippen molar-refractivity contribution in [2.75, 3.05) is 19.0 Å². The second-order valence-electron chi connectivity index (χ2n) is 4.05. The van der Waals surface area contributed by atoms with Gasteiger partial charge >= 0.3 is 18.0 Å². The van der Waals surface area contributed by atoms with Crippen molar-refractivity contribution in [1.82, 2.24) is 5.32 Å². The Hall–Kier alpha value is -2.57. The van der Waals surface area contributed by atoms with E-state index >= 15 is 0 Å². The summed E-state index contributed by atoms with van der Waals surface area (Å²) in [6.07, 6.45) is -0.158. The number of aryl methyl sites for hydroxylation is 1. The molecule has 0 spiro atoms. The molecular formula is C13H16N2O5. The molecule has 7 nitrogen and oxygen atoms in total. The molecule has 20 heavy (non-hydrogen) atoms. The van der Waals surface area contributed by atoms with Crippen molar-refractivity contribution in [3.05, 3.63) is 29.3 Å². The topological polar surface area (TPSA) is 105 Å². The number of nitrogens with one attached hydrogen (secondary N) is 2. The van der Waals surface area contributed by atoms with Gasteiger partial charge in [-0.3, -0.25) is 4.79 Å². The highest BCUT2D eigenvalue weighted by Crippen LogP contribution is 2.16. The Kier molecular flexibility index (Phi) is 5.52. The molecule has 0 aliphatic heterocycles. The van der Waals surface area contributed by atoms with Gasteiger partial charge in [0, 0.05) is 12.2 Å². The fourth-order valence-electron chi connectivity index (χ4n) is 1.49. The van der Waals surface area contributed by atoms with Crippen molar-refractivity contribution in [2.45, 2.75) is 13.3 Å². The van der Waals surface area contributed by atoms with E-state index in [1.165, 1.54) is 13.2 Å². The number of hydrogen-bond donors (Lipinski definition) is 3. The number of rotatable bonds is 5. The van der Waals surface area contributed by atoms with Gasteiger partial charge in [0.2, 0.25) is 0 Å². The first-order chi connectivity index (χ1) is 9.43. The first kappa shape index (κ1) is 15.5. The number of aliphatic carboxylic acids is 1. The zero-order chi connectivity index (χ0) is 15.1. The highest BCUT2D eigenvalue weighted by molar-refractivity contribution is 5.95. The molecule has 0 unspecified atom stereocenters. The van der Waals surface area contributed by atoms with Gasteiger partial charge in [-0.25, -0.2) is 9.59 Å². The Morgan fingerprint density at radius 2 is 2.00 bits per heavy atom. The zero-order valence-electron chi connectivity index (χ0n) is 11.2. The van der Waals surface area contributed by atoms with E-state index < -0.39 is 18.0 Å². The SMILES string of the molecule is COC(=O)c1cc(NC(=O)NCCC(=O)O)ccc1C. The molecule has 1 aromatic rings. The lowest BCUT2D eigenvalue weighted by molar-refractivity contribution is -0.136. The maximum atomic E-state index is 11.5. The first-order valence-corrected chi connectivity index (χ1v) is 5.89. The maximum Gasteiger partial charge on any atom is 0.338 e. The van der Waals surface area contributed by atoms with Gasteiger partial charge in [0.1, 0.15) is 0 Å². The summed E-state index contributed by atoms with van der Waals surface area (Å²) in [6, 6.07) is 4.28. The third-order valence-corrected chi connectivity index (χ3v) is 2.53. The van der Waals surface area contributed by atoms with Crippen LogP contribution < -0.4 is 10.6 Å². The van der Waals surface area contributed by atoms with Crippen LogP contribution in [0, 0.1) is 6.92 Å². The van der Waals surface area contributed by atoms with Crippen LogP contribution in [0.2, 0.25) is 0 Å². The summed E-state index contributed by atoms with van der Waals surface area (Å²) in [5.74, 6) is -1.48. The maximum absolute atomic E-state index is 11.5. The number of amides is 2. The molecule has 7 heteroatoms. The number of esters is 1. The number of carbonyl (C=O) groups excluding carboxylic acids is 2. The summed E-state index contributed by atoms with van der Waals surface area (Å²) in [7, 11) is 1.28. The molecule has 0 bridgehead atoms. The van der Waals surface area contributed by atoms with Crippen molar-refractivity contribution in [3.8, 4) is 0 Å². The highest BCUT2D eigenvalue weighted by Gasteiger charge is 2.11. The third kappa shape index (κ3) is 4.60. The number of anilines is 1. The second kappa shape index (κ2) is 7.13. The summed E-state index contributed by atoms with van der Waals surface area (Å²) >= 11 is 0. The Morgan fingerprint density at radius 3 is 2.60 bits per heavy atom. The quantitative estimate of drug-likeness (QED) is 0.707. The fraction of sp³-hybridized carbons (Fsp3) is 0.308. The van der Waals surface area contributed by atoms with E-state index in [0.717, 1.165) is 5.56 Å². The molecule has 0 fully saturated rings. The van der Waals surface area contributed by atoms with E-state index in [-0.39, 0.29) is 13.0 Å². The second-order valence-corrected chi connectivity index (χ2v) is 4.05. The summed E-state index contributed by atoms with van der Waals surface area (Å²) < 4.78 is 4.64. The minimum Gasteiger partial charge on any atom is -0.481 e. The average Bonchev–Trinajstić information content (AvgIpc) is 2.39. The number of benzene rings is 1. The standard InChI is InChI=1S/C13H16N2O5/c1-8-3-4-9(7-10(8)12(18)20-2)15-13(19)14-6-5-11(16)17/h3-4,7H,5-6H2,1-2H3,(H,16,17)(H2,14,15,19). The molecule has 0 atom stereocenters. The lowest BCUT2D eigenvalue weighted by Crippen LogP contribution is -2.30. The van der Waals surface area contributed by atoms with E-state index in [1.54, 1.807) is 19.1 Å². The van der Waals surface area contributed by atoms with Crippen LogP contribution in [-0.4, -0.2) is 36.7 Å². The molecule has 0 radical (unpaired) electrons. The Morgan fingerprint density at radius 1 is 1.30 bits per heavy atom. The van der Waals surface area contributed by atoms with Crippen molar-refractivity contribution in [2.24, 2.45) is 0 Å². The molecule has 0 saturated heterocycles. The Balaban J connectivity index is 2.66.